The van der Waals surface area contributed by atoms with Crippen molar-refractivity contribution >= 4 is 5.91 Å². The van der Waals surface area contributed by atoms with Crippen LogP contribution in [0, 0.1) is 29.5 Å². The smallest absolute Gasteiger partial charge is 0.254 e. The molecule has 1 saturated heterocycles. The maximum atomic E-state index is 14.5. The Hall–Kier alpha value is -4.72. The van der Waals surface area contributed by atoms with Crippen molar-refractivity contribution in [2.24, 2.45) is 5.73 Å². The van der Waals surface area contributed by atoms with Crippen LogP contribution in [-0.4, -0.2) is 28.4 Å². The summed E-state index contributed by atoms with van der Waals surface area (Å²) in [6.45, 7) is 2.42. The maximum absolute atomic E-state index is 14.5. The van der Waals surface area contributed by atoms with E-state index in [1.165, 1.54) is 12.1 Å². The number of carbonyl (C=O) groups is 1. The van der Waals surface area contributed by atoms with Crippen LogP contribution in [0.1, 0.15) is 47.0 Å². The van der Waals surface area contributed by atoms with Gasteiger partial charge in [-0.05, 0) is 61.6 Å². The third kappa shape index (κ3) is 5.18. The number of hydrogen-bond acceptors (Lipinski definition) is 5. The molecule has 194 valence electrons. The van der Waals surface area contributed by atoms with E-state index in [0.29, 0.717) is 41.0 Å². The number of hydrogen-bond donors (Lipinski definition) is 1. The van der Waals surface area contributed by atoms with Crippen molar-refractivity contribution in [1.29, 1.82) is 5.26 Å². The molecule has 2 heterocycles. The van der Waals surface area contributed by atoms with E-state index in [2.05, 4.69) is 10.9 Å². The van der Waals surface area contributed by atoms with Crippen LogP contribution >= 0.6 is 0 Å². The van der Waals surface area contributed by atoms with Crippen LogP contribution in [0.4, 0.5) is 4.39 Å². The van der Waals surface area contributed by atoms with Gasteiger partial charge in [0, 0.05) is 23.2 Å². The number of nitrogens with two attached hydrogens (primary N) is 1. The number of likely N-dealkylation sites (tertiary alicyclic amines) is 1. The Morgan fingerprint density at radius 3 is 2.72 bits per heavy atom. The van der Waals surface area contributed by atoms with Crippen LogP contribution in [0.25, 0.3) is 22.6 Å². The molecule has 0 spiro atoms. The molecule has 6 nitrogen and oxygen atoms in total. The van der Waals surface area contributed by atoms with Crippen LogP contribution in [-0.2, 0) is 12.0 Å². The largest absolute Gasteiger partial charge is 0.439 e. The zero-order chi connectivity index (χ0) is 27.6. The van der Waals surface area contributed by atoms with E-state index < -0.39 is 11.4 Å². The summed E-state index contributed by atoms with van der Waals surface area (Å²) in [6, 6.07) is 21.0. The second kappa shape index (κ2) is 10.6. The third-order valence-corrected chi connectivity index (χ3v) is 7.05. The van der Waals surface area contributed by atoms with E-state index in [0.717, 1.165) is 18.4 Å². The summed E-state index contributed by atoms with van der Waals surface area (Å²) < 4.78 is 20.7. The number of nitrogens with zero attached hydrogens (tertiary/aromatic N) is 3. The lowest BCUT2D eigenvalue weighted by Crippen LogP contribution is -2.35. The Labute approximate surface area is 226 Å². The van der Waals surface area contributed by atoms with Gasteiger partial charge in [-0.1, -0.05) is 48.4 Å². The number of nitriles is 1. The number of benzene rings is 3. The summed E-state index contributed by atoms with van der Waals surface area (Å²) in [5, 5.41) is 9.65. The SMILES string of the molecule is C#C[C@H]1CCCN1C(=O)c1cc(-c2ncc([C@](C)(N)Cc3ccccc3)o2)cc(-c2cccc(F)c2C#N)c1. The molecule has 0 saturated carbocycles. The average molecular weight is 519 g/mol. The number of aromatic nitrogens is 1. The van der Waals surface area contributed by atoms with Gasteiger partial charge in [0.05, 0.1) is 23.3 Å². The molecule has 0 aliphatic carbocycles. The van der Waals surface area contributed by atoms with Gasteiger partial charge in [0.25, 0.3) is 5.91 Å². The number of terminal acetylenes is 1. The minimum atomic E-state index is -0.838. The van der Waals surface area contributed by atoms with Crippen LogP contribution in [0.3, 0.4) is 0 Å². The molecular formula is C32H27FN4O2. The molecule has 0 radical (unpaired) electrons. The zero-order valence-electron chi connectivity index (χ0n) is 21.5. The van der Waals surface area contributed by atoms with Crippen molar-refractivity contribution in [3.63, 3.8) is 0 Å². The van der Waals surface area contributed by atoms with Crippen molar-refractivity contribution in [3.8, 4) is 41.0 Å². The molecule has 39 heavy (non-hydrogen) atoms. The Kier molecular flexibility index (Phi) is 7.02. The first kappa shape index (κ1) is 25.9. The quantitative estimate of drug-likeness (QED) is 0.332. The van der Waals surface area contributed by atoms with E-state index in [9.17, 15) is 14.4 Å². The molecule has 1 aliphatic heterocycles. The van der Waals surface area contributed by atoms with Crippen molar-refractivity contribution in [2.45, 2.75) is 37.8 Å². The summed E-state index contributed by atoms with van der Waals surface area (Å²) >= 11 is 0. The van der Waals surface area contributed by atoms with Gasteiger partial charge in [-0.15, -0.1) is 6.42 Å². The average Bonchev–Trinajstić information content (AvgIpc) is 3.63. The van der Waals surface area contributed by atoms with E-state index in [4.69, 9.17) is 16.6 Å². The Morgan fingerprint density at radius 2 is 1.97 bits per heavy atom. The number of carbonyl (C=O) groups excluding carboxylic acids is 1. The highest BCUT2D eigenvalue weighted by atomic mass is 19.1. The summed E-state index contributed by atoms with van der Waals surface area (Å²) in [6.07, 6.45) is 9.34. The highest BCUT2D eigenvalue weighted by molar-refractivity contribution is 5.97. The van der Waals surface area contributed by atoms with Crippen LogP contribution in [0.15, 0.2) is 77.3 Å². The monoisotopic (exact) mass is 518 g/mol. The molecule has 1 aromatic heterocycles. The topological polar surface area (TPSA) is 96.2 Å². The number of halogens is 1. The van der Waals surface area contributed by atoms with Crippen LogP contribution in [0.2, 0.25) is 0 Å². The Morgan fingerprint density at radius 1 is 1.21 bits per heavy atom. The summed E-state index contributed by atoms with van der Waals surface area (Å²) in [7, 11) is 0. The molecule has 2 atom stereocenters. The van der Waals surface area contributed by atoms with Crippen LogP contribution in [0.5, 0.6) is 0 Å². The molecule has 7 heteroatoms. The highest BCUT2D eigenvalue weighted by Gasteiger charge is 2.30. The number of rotatable bonds is 6. The van der Waals surface area contributed by atoms with Gasteiger partial charge in [-0.2, -0.15) is 5.26 Å². The summed E-state index contributed by atoms with van der Waals surface area (Å²) in [5.74, 6) is 2.55. The van der Waals surface area contributed by atoms with Crippen LogP contribution < -0.4 is 5.73 Å². The molecule has 0 unspecified atom stereocenters. The van der Waals surface area contributed by atoms with Gasteiger partial charge in [0.15, 0.2) is 0 Å². The van der Waals surface area contributed by atoms with Crippen molar-refractivity contribution in [2.75, 3.05) is 6.54 Å². The van der Waals surface area contributed by atoms with Gasteiger partial charge in [0.2, 0.25) is 5.89 Å². The Bertz CT molecular complexity index is 1610. The molecule has 4 aromatic rings. The second-order valence-electron chi connectivity index (χ2n) is 10.0. The predicted octanol–water partition coefficient (Wildman–Crippen LogP) is 5.67. The molecule has 2 N–H and O–H groups in total. The fraction of sp³-hybridized carbons (Fsp3) is 0.219. The van der Waals surface area contributed by atoms with Crippen molar-refractivity contribution < 1.29 is 13.6 Å². The molecule has 1 amide bonds. The first-order chi connectivity index (χ1) is 18.8. The summed E-state index contributed by atoms with van der Waals surface area (Å²) in [5.41, 5.74) is 8.44. The van der Waals surface area contributed by atoms with Gasteiger partial charge in [-0.25, -0.2) is 9.37 Å². The van der Waals surface area contributed by atoms with Crippen molar-refractivity contribution in [1.82, 2.24) is 9.88 Å². The second-order valence-corrected chi connectivity index (χ2v) is 10.0. The maximum Gasteiger partial charge on any atom is 0.254 e. The van der Waals surface area contributed by atoms with Gasteiger partial charge in [-0.3, -0.25) is 4.79 Å². The fourth-order valence-electron chi connectivity index (χ4n) is 5.04. The first-order valence-electron chi connectivity index (χ1n) is 12.7. The molecule has 1 fully saturated rings. The first-order valence-corrected chi connectivity index (χ1v) is 12.7. The standard InChI is InChI=1S/C32H27FN4O2/c1-3-25-11-8-14-37(25)31(38)24-16-22(26-12-7-13-28(33)27(26)19-34)15-23(17-24)30-36-20-29(39-30)32(2,35)18-21-9-5-4-6-10-21/h1,4-7,9-10,12-13,15-17,20,25H,8,11,14,18,35H2,2H3/t25-,32+/m0/s1. The van der Waals surface area contributed by atoms with E-state index in [1.807, 2.05) is 43.3 Å². The molecular weight excluding hydrogens is 491 g/mol. The lowest BCUT2D eigenvalue weighted by molar-refractivity contribution is 0.0766. The molecule has 1 aliphatic rings. The Balaban J connectivity index is 1.59. The molecule has 3 aromatic carbocycles. The van der Waals surface area contributed by atoms with Gasteiger partial charge in [0.1, 0.15) is 17.6 Å². The zero-order valence-corrected chi connectivity index (χ0v) is 21.5. The van der Waals surface area contributed by atoms with E-state index >= 15 is 0 Å². The minimum Gasteiger partial charge on any atom is -0.439 e. The lowest BCUT2D eigenvalue weighted by atomic mass is 9.92. The third-order valence-electron chi connectivity index (χ3n) is 7.05. The van der Waals surface area contributed by atoms with E-state index in [-0.39, 0.29) is 23.4 Å². The number of oxazole rings is 1. The minimum absolute atomic E-state index is 0.110. The predicted molar refractivity (Wildman–Crippen MR) is 147 cm³/mol. The fourth-order valence-corrected chi connectivity index (χ4v) is 5.04. The lowest BCUT2D eigenvalue weighted by Gasteiger charge is -2.22. The molecule has 0 bridgehead atoms. The highest BCUT2D eigenvalue weighted by Crippen LogP contribution is 2.34. The van der Waals surface area contributed by atoms with Gasteiger partial charge >= 0.3 is 0 Å². The van der Waals surface area contributed by atoms with E-state index in [1.54, 1.807) is 35.4 Å². The number of amides is 1. The summed E-state index contributed by atoms with van der Waals surface area (Å²) in [4.78, 5) is 19.7. The molecule has 5 rings (SSSR count). The van der Waals surface area contributed by atoms with Crippen molar-refractivity contribution in [3.05, 3.63) is 101 Å². The van der Waals surface area contributed by atoms with Gasteiger partial charge < -0.3 is 15.1 Å². The normalized spacial score (nSPS) is 16.3.